The van der Waals surface area contributed by atoms with Crippen LogP contribution in [-0.4, -0.2) is 43.6 Å². The number of β-amino-alcohol motifs (C(OH)–C–C–N with tert-alkyl or cyclic N) is 1. The summed E-state index contributed by atoms with van der Waals surface area (Å²) in [5.74, 6) is 0.728. The normalized spacial score (nSPS) is 19.6. The van der Waals surface area contributed by atoms with E-state index < -0.39 is 6.10 Å². The van der Waals surface area contributed by atoms with Crippen LogP contribution in [0.15, 0.2) is 97.1 Å². The maximum atomic E-state index is 10.8. The largest absolute Gasteiger partial charge is 0.494 e. The number of aliphatic hydroxyl groups excluding tert-OH is 1. The molecule has 1 aliphatic rings. The highest BCUT2D eigenvalue weighted by molar-refractivity contribution is 5.82. The maximum absolute atomic E-state index is 10.8. The number of nitrogens with one attached hydrogen (secondary N) is 1. The van der Waals surface area contributed by atoms with E-state index in [1.807, 2.05) is 42.5 Å². The van der Waals surface area contributed by atoms with E-state index in [0.29, 0.717) is 39.5 Å². The topological polar surface area (TPSA) is 60.0 Å². The predicted molar refractivity (Wildman–Crippen MR) is 147 cm³/mol. The van der Waals surface area contributed by atoms with E-state index in [9.17, 15) is 5.11 Å². The molecule has 0 amide bonds. The van der Waals surface area contributed by atoms with Crippen LogP contribution in [0.1, 0.15) is 29.0 Å². The van der Waals surface area contributed by atoms with Gasteiger partial charge in [-0.2, -0.15) is 0 Å². The zero-order valence-corrected chi connectivity index (χ0v) is 21.1. The van der Waals surface area contributed by atoms with E-state index in [4.69, 9.17) is 14.2 Å². The molecule has 0 bridgehead atoms. The first-order chi connectivity index (χ1) is 18.3. The van der Waals surface area contributed by atoms with Gasteiger partial charge >= 0.3 is 0 Å². The molecule has 5 rings (SSSR count). The SMILES string of the molecule is O[C@@H]1CNC[C@@H](OCc2ccc3ccccc3c2)[C@@H]1c1ccc(OCCCOCc2ccccc2)cc1. The summed E-state index contributed by atoms with van der Waals surface area (Å²) in [6.07, 6.45) is 0.194. The van der Waals surface area contributed by atoms with E-state index in [-0.39, 0.29) is 12.0 Å². The molecule has 0 radical (unpaired) electrons. The molecule has 3 atom stereocenters. The van der Waals surface area contributed by atoms with Crippen molar-refractivity contribution in [1.82, 2.24) is 5.32 Å². The molecule has 1 saturated heterocycles. The highest BCUT2D eigenvalue weighted by Crippen LogP contribution is 2.30. The second-order valence-corrected chi connectivity index (χ2v) is 9.59. The van der Waals surface area contributed by atoms with Crippen LogP contribution >= 0.6 is 0 Å². The molecule has 0 spiro atoms. The lowest BCUT2D eigenvalue weighted by molar-refractivity contribution is -0.0328. The second-order valence-electron chi connectivity index (χ2n) is 9.59. The summed E-state index contributed by atoms with van der Waals surface area (Å²) < 4.78 is 18.0. The summed E-state index contributed by atoms with van der Waals surface area (Å²) in [5.41, 5.74) is 3.38. The zero-order valence-electron chi connectivity index (χ0n) is 21.1. The number of piperidine rings is 1. The fourth-order valence-corrected chi connectivity index (χ4v) is 4.91. The molecular weight excluding hydrogens is 462 g/mol. The van der Waals surface area contributed by atoms with Crippen LogP contribution in [0.25, 0.3) is 10.8 Å². The number of fused-ring (bicyclic) bond motifs is 1. The van der Waals surface area contributed by atoms with Crippen LogP contribution in [0.5, 0.6) is 5.75 Å². The first-order valence-electron chi connectivity index (χ1n) is 13.1. The van der Waals surface area contributed by atoms with Crippen LogP contribution in [0.4, 0.5) is 0 Å². The van der Waals surface area contributed by atoms with Gasteiger partial charge in [-0.25, -0.2) is 0 Å². The minimum absolute atomic E-state index is 0.0952. The monoisotopic (exact) mass is 497 g/mol. The summed E-state index contributed by atoms with van der Waals surface area (Å²) >= 11 is 0. The van der Waals surface area contributed by atoms with Crippen molar-refractivity contribution in [3.63, 3.8) is 0 Å². The Morgan fingerprint density at radius 3 is 2.35 bits per heavy atom. The van der Waals surface area contributed by atoms with Crippen molar-refractivity contribution in [2.45, 2.75) is 37.8 Å². The van der Waals surface area contributed by atoms with E-state index in [2.05, 4.69) is 59.9 Å². The number of hydrogen-bond acceptors (Lipinski definition) is 5. The Labute approximate surface area is 219 Å². The summed E-state index contributed by atoms with van der Waals surface area (Å²) in [7, 11) is 0. The summed E-state index contributed by atoms with van der Waals surface area (Å²) in [5, 5.41) is 16.6. The third kappa shape index (κ3) is 6.96. The van der Waals surface area contributed by atoms with Crippen LogP contribution in [-0.2, 0) is 22.7 Å². The number of hydrogen-bond donors (Lipinski definition) is 2. The fraction of sp³-hybridized carbons (Fsp3) is 0.312. The molecule has 4 aromatic rings. The molecule has 5 nitrogen and oxygen atoms in total. The van der Waals surface area contributed by atoms with Gasteiger partial charge in [-0.05, 0) is 45.7 Å². The van der Waals surface area contributed by atoms with Gasteiger partial charge in [-0.3, -0.25) is 0 Å². The number of aliphatic hydroxyl groups is 1. The molecular formula is C32H35NO4. The molecule has 0 unspecified atom stereocenters. The molecule has 1 heterocycles. The van der Waals surface area contributed by atoms with Gasteiger partial charge in [0.15, 0.2) is 0 Å². The fourth-order valence-electron chi connectivity index (χ4n) is 4.91. The molecule has 37 heavy (non-hydrogen) atoms. The van der Waals surface area contributed by atoms with Gasteiger partial charge in [-0.15, -0.1) is 0 Å². The minimum atomic E-state index is -0.510. The Hall–Kier alpha value is -3.22. The van der Waals surface area contributed by atoms with Crippen molar-refractivity contribution in [1.29, 1.82) is 0 Å². The van der Waals surface area contributed by atoms with Crippen molar-refractivity contribution in [2.75, 3.05) is 26.3 Å². The average Bonchev–Trinajstić information content (AvgIpc) is 2.95. The van der Waals surface area contributed by atoms with Gasteiger partial charge in [0.05, 0.1) is 38.6 Å². The quantitative estimate of drug-likeness (QED) is 0.270. The lowest BCUT2D eigenvalue weighted by atomic mass is 9.85. The van der Waals surface area contributed by atoms with Crippen LogP contribution in [0, 0.1) is 0 Å². The highest BCUT2D eigenvalue weighted by atomic mass is 16.5. The second kappa shape index (κ2) is 12.8. The Morgan fingerprint density at radius 2 is 1.51 bits per heavy atom. The molecule has 5 heteroatoms. The van der Waals surface area contributed by atoms with Gasteiger partial charge in [0.1, 0.15) is 5.75 Å². The molecule has 0 aromatic heterocycles. The van der Waals surface area contributed by atoms with E-state index in [1.54, 1.807) is 0 Å². The lowest BCUT2D eigenvalue weighted by Crippen LogP contribution is -2.49. The predicted octanol–water partition coefficient (Wildman–Crippen LogP) is 5.46. The smallest absolute Gasteiger partial charge is 0.119 e. The summed E-state index contributed by atoms with van der Waals surface area (Å²) in [6.45, 7) is 3.65. The Bertz CT molecular complexity index is 1240. The van der Waals surface area contributed by atoms with Crippen molar-refractivity contribution in [2.24, 2.45) is 0 Å². The first-order valence-corrected chi connectivity index (χ1v) is 13.1. The van der Waals surface area contributed by atoms with Gasteiger partial charge in [-0.1, -0.05) is 78.9 Å². The molecule has 1 fully saturated rings. The molecule has 0 aliphatic carbocycles. The molecule has 0 saturated carbocycles. The van der Waals surface area contributed by atoms with Gasteiger partial charge in [0.2, 0.25) is 0 Å². The third-order valence-corrected chi connectivity index (χ3v) is 6.87. The van der Waals surface area contributed by atoms with Crippen molar-refractivity contribution in [3.8, 4) is 5.75 Å². The van der Waals surface area contributed by atoms with Crippen molar-refractivity contribution >= 4 is 10.8 Å². The van der Waals surface area contributed by atoms with Crippen LogP contribution in [0.2, 0.25) is 0 Å². The van der Waals surface area contributed by atoms with Gasteiger partial charge in [0, 0.05) is 25.4 Å². The van der Waals surface area contributed by atoms with Crippen LogP contribution < -0.4 is 10.1 Å². The minimum Gasteiger partial charge on any atom is -0.494 e. The standard InChI is InChI=1S/C32H35NO4/c34-30-20-33-21-31(37-23-25-11-12-26-9-4-5-10-28(26)19-25)32(30)27-13-15-29(16-14-27)36-18-6-17-35-22-24-7-2-1-3-8-24/h1-5,7-16,19,30-34H,6,17-18,20-23H2/t30-,31-,32-/m1/s1. The van der Waals surface area contributed by atoms with E-state index >= 15 is 0 Å². The summed E-state index contributed by atoms with van der Waals surface area (Å²) in [4.78, 5) is 0. The molecule has 1 aliphatic heterocycles. The Morgan fingerprint density at radius 1 is 0.730 bits per heavy atom. The molecule has 192 valence electrons. The third-order valence-electron chi connectivity index (χ3n) is 6.87. The highest BCUT2D eigenvalue weighted by Gasteiger charge is 2.34. The van der Waals surface area contributed by atoms with Gasteiger partial charge < -0.3 is 24.6 Å². The van der Waals surface area contributed by atoms with E-state index in [0.717, 1.165) is 23.3 Å². The van der Waals surface area contributed by atoms with Crippen LogP contribution in [0.3, 0.4) is 0 Å². The number of benzene rings is 4. The maximum Gasteiger partial charge on any atom is 0.119 e. The van der Waals surface area contributed by atoms with Crippen molar-refractivity contribution in [3.05, 3.63) is 114 Å². The Balaban J connectivity index is 1.12. The van der Waals surface area contributed by atoms with Crippen molar-refractivity contribution < 1.29 is 19.3 Å². The average molecular weight is 498 g/mol. The lowest BCUT2D eigenvalue weighted by Gasteiger charge is -2.36. The summed E-state index contributed by atoms with van der Waals surface area (Å²) in [6, 6.07) is 33.0. The Kier molecular flexibility index (Phi) is 8.82. The molecule has 4 aromatic carbocycles. The number of ether oxygens (including phenoxy) is 3. The molecule has 2 N–H and O–H groups in total. The number of rotatable bonds is 11. The zero-order chi connectivity index (χ0) is 25.3. The van der Waals surface area contributed by atoms with Gasteiger partial charge in [0.25, 0.3) is 0 Å². The first kappa shape index (κ1) is 25.4. The van der Waals surface area contributed by atoms with E-state index in [1.165, 1.54) is 16.3 Å².